The van der Waals surface area contributed by atoms with Gasteiger partial charge in [0.15, 0.2) is 0 Å². The molecule has 4 N–H and O–H groups in total. The average molecular weight is 261 g/mol. The molecule has 0 aliphatic carbocycles. The number of benzene rings is 1. The lowest BCUT2D eigenvalue weighted by molar-refractivity contribution is -0.137. The van der Waals surface area contributed by atoms with Crippen LogP contribution in [0.25, 0.3) is 0 Å². The van der Waals surface area contributed by atoms with Crippen LogP contribution in [0.2, 0.25) is 0 Å². The molecule has 100 valence electrons. The highest BCUT2D eigenvalue weighted by atomic mass is 19.4. The highest BCUT2D eigenvalue weighted by Crippen LogP contribution is 2.29. The third-order valence-corrected chi connectivity index (χ3v) is 2.28. The number of hydrogen-bond donors (Lipinski definition) is 3. The van der Waals surface area contributed by atoms with Crippen LogP contribution in [-0.2, 0) is 6.18 Å². The summed E-state index contributed by atoms with van der Waals surface area (Å²) in [5.74, 6) is 0.129. The molecule has 0 amide bonds. The Morgan fingerprint density at radius 3 is 2.39 bits per heavy atom. The Kier molecular flexibility index (Phi) is 4.82. The fourth-order valence-corrected chi connectivity index (χ4v) is 1.33. The van der Waals surface area contributed by atoms with E-state index in [-0.39, 0.29) is 5.84 Å². The fourth-order valence-electron chi connectivity index (χ4n) is 1.33. The first-order valence-electron chi connectivity index (χ1n) is 5.31. The molecule has 0 fully saturated rings. The number of nitrogens with one attached hydrogen (secondary N) is 1. The van der Waals surface area contributed by atoms with Crippen LogP contribution in [0.4, 0.5) is 18.9 Å². The first-order chi connectivity index (χ1) is 8.43. The second kappa shape index (κ2) is 6.13. The van der Waals surface area contributed by atoms with Crippen molar-refractivity contribution in [2.45, 2.75) is 19.0 Å². The Bertz CT molecular complexity index is 401. The van der Waals surface area contributed by atoms with Gasteiger partial charge in [0.2, 0.25) is 0 Å². The van der Waals surface area contributed by atoms with E-state index in [4.69, 9.17) is 10.9 Å². The van der Waals surface area contributed by atoms with Crippen molar-refractivity contribution in [1.29, 1.82) is 0 Å². The number of nitrogens with two attached hydrogens (primary N) is 1. The van der Waals surface area contributed by atoms with Gasteiger partial charge in [-0.25, -0.2) is 0 Å². The fraction of sp³-hybridized carbons (Fsp3) is 0.364. The zero-order valence-electron chi connectivity index (χ0n) is 9.54. The number of anilines is 1. The Morgan fingerprint density at radius 1 is 1.28 bits per heavy atom. The molecular weight excluding hydrogens is 247 g/mol. The molecule has 0 heterocycles. The summed E-state index contributed by atoms with van der Waals surface area (Å²) >= 11 is 0. The maximum Gasteiger partial charge on any atom is 0.416 e. The predicted octanol–water partition coefficient (Wildman–Crippen LogP) is 2.64. The molecule has 1 aromatic rings. The van der Waals surface area contributed by atoms with Crippen molar-refractivity contribution in [1.82, 2.24) is 0 Å². The Hall–Kier alpha value is -1.92. The smallest absolute Gasteiger partial charge is 0.409 e. The molecule has 0 saturated heterocycles. The summed E-state index contributed by atoms with van der Waals surface area (Å²) in [7, 11) is 0. The van der Waals surface area contributed by atoms with E-state index in [1.165, 1.54) is 12.1 Å². The van der Waals surface area contributed by atoms with Crippen molar-refractivity contribution in [2.24, 2.45) is 10.9 Å². The summed E-state index contributed by atoms with van der Waals surface area (Å²) in [5, 5.41) is 14.1. The van der Waals surface area contributed by atoms with Crippen molar-refractivity contribution < 1.29 is 18.4 Å². The van der Waals surface area contributed by atoms with Gasteiger partial charge in [-0.15, -0.1) is 0 Å². The van der Waals surface area contributed by atoms with Crippen LogP contribution >= 0.6 is 0 Å². The lowest BCUT2D eigenvalue weighted by atomic mass is 10.2. The van der Waals surface area contributed by atoms with E-state index < -0.39 is 11.7 Å². The Balaban J connectivity index is 2.40. The normalized spacial score (nSPS) is 12.5. The zero-order chi connectivity index (χ0) is 13.6. The molecule has 0 spiro atoms. The number of amidine groups is 1. The van der Waals surface area contributed by atoms with E-state index in [0.29, 0.717) is 25.1 Å². The monoisotopic (exact) mass is 261 g/mol. The second-order valence-corrected chi connectivity index (χ2v) is 3.70. The summed E-state index contributed by atoms with van der Waals surface area (Å²) < 4.78 is 36.8. The average Bonchev–Trinajstić information content (AvgIpc) is 2.33. The van der Waals surface area contributed by atoms with Crippen molar-refractivity contribution in [3.63, 3.8) is 0 Å². The Morgan fingerprint density at radius 2 is 1.89 bits per heavy atom. The summed E-state index contributed by atoms with van der Waals surface area (Å²) in [5.41, 5.74) is 5.19. The van der Waals surface area contributed by atoms with E-state index >= 15 is 0 Å². The van der Waals surface area contributed by atoms with E-state index in [1.54, 1.807) is 0 Å². The van der Waals surface area contributed by atoms with Crippen LogP contribution in [0.5, 0.6) is 0 Å². The molecule has 1 aromatic carbocycles. The van der Waals surface area contributed by atoms with Gasteiger partial charge >= 0.3 is 6.18 Å². The molecule has 0 saturated carbocycles. The lowest BCUT2D eigenvalue weighted by Crippen LogP contribution is -2.13. The number of rotatable bonds is 5. The minimum absolute atomic E-state index is 0.129. The molecule has 0 aromatic heterocycles. The minimum atomic E-state index is -4.31. The second-order valence-electron chi connectivity index (χ2n) is 3.70. The summed E-state index contributed by atoms with van der Waals surface area (Å²) in [6.07, 6.45) is -3.27. The summed E-state index contributed by atoms with van der Waals surface area (Å²) in [6, 6.07) is 4.77. The maximum absolute atomic E-state index is 12.3. The number of nitrogens with zero attached hydrogens (tertiary/aromatic N) is 1. The largest absolute Gasteiger partial charge is 0.416 e. The molecule has 1 rings (SSSR count). The third kappa shape index (κ3) is 4.52. The molecule has 0 atom stereocenters. The first-order valence-corrected chi connectivity index (χ1v) is 5.31. The minimum Gasteiger partial charge on any atom is -0.409 e. The predicted molar refractivity (Wildman–Crippen MR) is 62.6 cm³/mol. The Labute approximate surface area is 102 Å². The summed E-state index contributed by atoms with van der Waals surface area (Å²) in [6.45, 7) is 0.529. The van der Waals surface area contributed by atoms with Gasteiger partial charge in [-0.3, -0.25) is 0 Å². The lowest BCUT2D eigenvalue weighted by Gasteiger charge is -2.09. The topological polar surface area (TPSA) is 70.6 Å². The molecule has 0 bridgehead atoms. The first kappa shape index (κ1) is 14.1. The van der Waals surface area contributed by atoms with E-state index in [0.717, 1.165) is 12.1 Å². The van der Waals surface area contributed by atoms with Gasteiger partial charge < -0.3 is 16.3 Å². The number of hydrogen-bond acceptors (Lipinski definition) is 3. The quantitative estimate of drug-likeness (QED) is 0.251. The molecule has 18 heavy (non-hydrogen) atoms. The third-order valence-electron chi connectivity index (χ3n) is 2.28. The van der Waals surface area contributed by atoms with E-state index in [1.807, 2.05) is 0 Å². The van der Waals surface area contributed by atoms with E-state index in [9.17, 15) is 13.2 Å². The van der Waals surface area contributed by atoms with Crippen LogP contribution in [0.1, 0.15) is 18.4 Å². The van der Waals surface area contributed by atoms with Gasteiger partial charge in [0.1, 0.15) is 5.84 Å². The molecule has 0 aliphatic rings. The van der Waals surface area contributed by atoms with Gasteiger partial charge in [0.25, 0.3) is 0 Å². The number of alkyl halides is 3. The maximum atomic E-state index is 12.3. The summed E-state index contributed by atoms with van der Waals surface area (Å²) in [4.78, 5) is 0. The molecule has 7 heteroatoms. The van der Waals surface area contributed by atoms with Gasteiger partial charge in [-0.05, 0) is 30.7 Å². The number of oxime groups is 1. The molecule has 4 nitrogen and oxygen atoms in total. The van der Waals surface area contributed by atoms with Crippen LogP contribution in [0.3, 0.4) is 0 Å². The molecule has 0 unspecified atom stereocenters. The van der Waals surface area contributed by atoms with Crippen molar-refractivity contribution in [3.05, 3.63) is 29.8 Å². The van der Waals surface area contributed by atoms with E-state index in [2.05, 4.69) is 10.5 Å². The van der Waals surface area contributed by atoms with Crippen molar-refractivity contribution in [3.8, 4) is 0 Å². The SMILES string of the molecule is NC(CCCNc1ccc(C(F)(F)F)cc1)=NO. The van der Waals surface area contributed by atoms with Crippen LogP contribution in [-0.4, -0.2) is 17.6 Å². The van der Waals surface area contributed by atoms with Gasteiger partial charge in [-0.1, -0.05) is 5.16 Å². The van der Waals surface area contributed by atoms with Gasteiger partial charge in [0, 0.05) is 18.7 Å². The standard InChI is InChI=1S/C11H14F3N3O/c12-11(13,14)8-3-5-9(6-4-8)16-7-1-2-10(15)17-18/h3-6,16,18H,1-2,7H2,(H2,15,17). The zero-order valence-corrected chi connectivity index (χ0v) is 9.54. The molecule has 0 aliphatic heterocycles. The van der Waals surface area contributed by atoms with Crippen LogP contribution in [0, 0.1) is 0 Å². The van der Waals surface area contributed by atoms with Crippen LogP contribution in [0.15, 0.2) is 29.4 Å². The highest BCUT2D eigenvalue weighted by Gasteiger charge is 2.29. The highest BCUT2D eigenvalue weighted by molar-refractivity contribution is 5.79. The van der Waals surface area contributed by atoms with Crippen molar-refractivity contribution in [2.75, 3.05) is 11.9 Å². The van der Waals surface area contributed by atoms with Gasteiger partial charge in [0.05, 0.1) is 5.56 Å². The van der Waals surface area contributed by atoms with Gasteiger partial charge in [-0.2, -0.15) is 13.2 Å². The van der Waals surface area contributed by atoms with Crippen molar-refractivity contribution >= 4 is 11.5 Å². The number of halogens is 3. The molecular formula is C11H14F3N3O. The van der Waals surface area contributed by atoms with Crippen LogP contribution < -0.4 is 11.1 Å². The molecule has 0 radical (unpaired) electrons.